The highest BCUT2D eigenvalue weighted by atomic mass is 79.9. The molecule has 2 amide bonds. The molecule has 0 spiro atoms. The topological polar surface area (TPSA) is 129 Å². The molecule has 6 rings (SSSR count). The fourth-order valence-electron chi connectivity index (χ4n) is 7.15. The number of fused-ring (bicyclic) bond motifs is 2. The van der Waals surface area contributed by atoms with Crippen LogP contribution < -0.4 is 14.8 Å². The molecule has 2 fully saturated rings. The Bertz CT molecular complexity index is 1850. The number of ether oxygens (including phenoxy) is 2. The van der Waals surface area contributed by atoms with Gasteiger partial charge in [0.1, 0.15) is 23.9 Å². The number of piperazine rings is 1. The molecule has 3 N–H and O–H groups in total. The first kappa shape index (κ1) is 38.5. The Balaban J connectivity index is 1.20. The summed E-state index contributed by atoms with van der Waals surface area (Å²) in [6, 6.07) is 18.1. The second kappa shape index (κ2) is 17.3. The number of carboxylic acid groups (broad SMARTS) is 1. The van der Waals surface area contributed by atoms with Gasteiger partial charge in [-0.25, -0.2) is 4.39 Å². The van der Waals surface area contributed by atoms with E-state index in [2.05, 4.69) is 52.4 Å². The predicted molar refractivity (Wildman–Crippen MR) is 202 cm³/mol. The van der Waals surface area contributed by atoms with Crippen molar-refractivity contribution in [2.24, 2.45) is 0 Å². The summed E-state index contributed by atoms with van der Waals surface area (Å²) in [5, 5.41) is 22.9. The SMILES string of the molecule is Cc1ccc(OCCN(C(=O)C2=C(c3ccc(CCCOc4cc(F)ccc4Br)cc3)C[C@@H]3CN(C(=O)C[C@H](O)CC(=O)O)C[C@H]2N3)C2CC2)cc1C. The minimum absolute atomic E-state index is 0.0768. The van der Waals surface area contributed by atoms with Crippen LogP contribution in [0.5, 0.6) is 11.5 Å². The summed E-state index contributed by atoms with van der Waals surface area (Å²) < 4.78 is 26.3. The Morgan fingerprint density at radius 3 is 2.47 bits per heavy atom. The van der Waals surface area contributed by atoms with E-state index in [0.29, 0.717) is 48.5 Å². The zero-order valence-corrected chi connectivity index (χ0v) is 31.7. The van der Waals surface area contributed by atoms with Crippen molar-refractivity contribution in [3.05, 3.63) is 98.8 Å². The Labute approximate surface area is 318 Å². The molecule has 3 atom stereocenters. The van der Waals surface area contributed by atoms with Gasteiger partial charge in [-0.1, -0.05) is 30.3 Å². The summed E-state index contributed by atoms with van der Waals surface area (Å²) in [5.41, 5.74) is 5.96. The number of hydrogen-bond donors (Lipinski definition) is 3. The molecule has 12 heteroatoms. The second-order valence-corrected chi connectivity index (χ2v) is 15.2. The van der Waals surface area contributed by atoms with Crippen LogP contribution in [-0.4, -0.2) is 94.9 Å². The maximum atomic E-state index is 14.7. The van der Waals surface area contributed by atoms with Gasteiger partial charge in [-0.2, -0.15) is 0 Å². The van der Waals surface area contributed by atoms with E-state index in [0.717, 1.165) is 53.7 Å². The van der Waals surface area contributed by atoms with Gasteiger partial charge < -0.3 is 34.8 Å². The average molecular weight is 793 g/mol. The lowest BCUT2D eigenvalue weighted by Crippen LogP contribution is -2.62. The lowest BCUT2D eigenvalue weighted by atomic mass is 9.82. The van der Waals surface area contributed by atoms with Gasteiger partial charge >= 0.3 is 5.97 Å². The van der Waals surface area contributed by atoms with Crippen molar-refractivity contribution in [3.63, 3.8) is 0 Å². The third-order valence-electron chi connectivity index (χ3n) is 10.2. The van der Waals surface area contributed by atoms with Crippen LogP contribution in [0.25, 0.3) is 5.57 Å². The smallest absolute Gasteiger partial charge is 0.305 e. The number of aliphatic hydroxyl groups excluding tert-OH is 1. The molecule has 1 saturated heterocycles. The quantitative estimate of drug-likeness (QED) is 0.155. The van der Waals surface area contributed by atoms with Crippen molar-refractivity contribution >= 4 is 39.3 Å². The molecular formula is C41H47BrFN3O7. The van der Waals surface area contributed by atoms with Crippen molar-refractivity contribution in [2.45, 2.75) is 83.0 Å². The first-order valence-corrected chi connectivity index (χ1v) is 19.1. The van der Waals surface area contributed by atoms with E-state index in [1.54, 1.807) is 11.0 Å². The predicted octanol–water partition coefficient (Wildman–Crippen LogP) is 5.84. The molecule has 0 aromatic heterocycles. The number of carboxylic acids is 1. The number of amides is 2. The Kier molecular flexibility index (Phi) is 12.5. The minimum atomic E-state index is -1.28. The van der Waals surface area contributed by atoms with Crippen LogP contribution in [-0.2, 0) is 20.8 Å². The number of carbonyl (C=O) groups excluding carboxylic acids is 2. The van der Waals surface area contributed by atoms with Crippen LogP contribution in [0.1, 0.15) is 60.8 Å². The van der Waals surface area contributed by atoms with E-state index in [-0.39, 0.29) is 42.7 Å². The van der Waals surface area contributed by atoms with Gasteiger partial charge in [-0.3, -0.25) is 14.4 Å². The van der Waals surface area contributed by atoms with Gasteiger partial charge in [0.05, 0.1) is 42.6 Å². The molecule has 282 valence electrons. The van der Waals surface area contributed by atoms with E-state index in [1.807, 2.05) is 30.0 Å². The molecule has 2 heterocycles. The van der Waals surface area contributed by atoms with Gasteiger partial charge in [0, 0.05) is 36.8 Å². The van der Waals surface area contributed by atoms with Crippen molar-refractivity contribution < 1.29 is 38.5 Å². The highest BCUT2D eigenvalue weighted by Crippen LogP contribution is 2.37. The maximum Gasteiger partial charge on any atom is 0.305 e. The van der Waals surface area contributed by atoms with Crippen molar-refractivity contribution in [2.75, 3.05) is 32.8 Å². The maximum absolute atomic E-state index is 14.7. The Morgan fingerprint density at radius 1 is 0.981 bits per heavy atom. The Hall–Kier alpha value is -4.26. The number of aryl methyl sites for hydroxylation is 3. The van der Waals surface area contributed by atoms with E-state index >= 15 is 0 Å². The summed E-state index contributed by atoms with van der Waals surface area (Å²) in [4.78, 5) is 42.7. The number of aliphatic hydroxyl groups is 1. The summed E-state index contributed by atoms with van der Waals surface area (Å²) in [5.74, 6) is -0.696. The number of nitrogens with zero attached hydrogens (tertiary/aromatic N) is 2. The van der Waals surface area contributed by atoms with Crippen LogP contribution in [0, 0.1) is 19.7 Å². The summed E-state index contributed by atoms with van der Waals surface area (Å²) >= 11 is 3.40. The normalized spacial score (nSPS) is 18.8. The first-order valence-electron chi connectivity index (χ1n) is 18.3. The van der Waals surface area contributed by atoms with Crippen LogP contribution in [0.15, 0.2) is 70.7 Å². The van der Waals surface area contributed by atoms with Gasteiger partial charge in [0.2, 0.25) is 5.91 Å². The number of aliphatic carboxylic acids is 1. The molecule has 10 nitrogen and oxygen atoms in total. The molecule has 3 aliphatic rings. The third kappa shape index (κ3) is 10.0. The number of carbonyl (C=O) groups is 3. The lowest BCUT2D eigenvalue weighted by Gasteiger charge is -2.45. The molecule has 1 saturated carbocycles. The fourth-order valence-corrected chi connectivity index (χ4v) is 7.51. The van der Waals surface area contributed by atoms with Crippen LogP contribution in [0.2, 0.25) is 0 Å². The molecule has 3 aromatic carbocycles. The molecule has 3 aromatic rings. The van der Waals surface area contributed by atoms with Gasteiger partial charge in [0.15, 0.2) is 0 Å². The van der Waals surface area contributed by atoms with E-state index in [1.165, 1.54) is 17.7 Å². The van der Waals surface area contributed by atoms with E-state index in [9.17, 15) is 23.9 Å². The van der Waals surface area contributed by atoms with Crippen LogP contribution in [0.4, 0.5) is 4.39 Å². The number of benzene rings is 3. The second-order valence-electron chi connectivity index (χ2n) is 14.3. The molecule has 2 aliphatic heterocycles. The lowest BCUT2D eigenvalue weighted by molar-refractivity contribution is -0.141. The summed E-state index contributed by atoms with van der Waals surface area (Å²) in [7, 11) is 0. The zero-order valence-electron chi connectivity index (χ0n) is 30.2. The van der Waals surface area contributed by atoms with E-state index < -0.39 is 24.5 Å². The molecule has 0 unspecified atom stereocenters. The largest absolute Gasteiger partial charge is 0.492 e. The molecular weight excluding hydrogens is 745 g/mol. The number of hydrogen-bond acceptors (Lipinski definition) is 7. The molecule has 1 aliphatic carbocycles. The van der Waals surface area contributed by atoms with E-state index in [4.69, 9.17) is 14.6 Å². The van der Waals surface area contributed by atoms with Gasteiger partial charge in [-0.05, 0) is 114 Å². The standard InChI is InChI=1S/C41H47BrFN3O7/c1-25-5-13-33(18-26(25)2)52-17-15-46(31-11-12-31)41(51)40-34(20-30-23-45(24-36(40)44-30)38(48)21-32(47)22-39(49)50)28-8-6-27(7-9-28)4-3-16-53-37-19-29(43)10-14-35(37)42/h5-10,13-14,18-19,30-32,36,44,47H,3-4,11-12,15-17,20-24H2,1-2H3,(H,49,50)/t30-,32+,36-/m1/s1. The zero-order chi connectivity index (χ0) is 37.6. The number of rotatable bonds is 16. The van der Waals surface area contributed by atoms with Gasteiger partial charge in [0.25, 0.3) is 5.91 Å². The molecule has 53 heavy (non-hydrogen) atoms. The monoisotopic (exact) mass is 791 g/mol. The summed E-state index contributed by atoms with van der Waals surface area (Å²) in [6.45, 7) is 5.90. The highest BCUT2D eigenvalue weighted by Gasteiger charge is 2.43. The Morgan fingerprint density at radius 2 is 1.75 bits per heavy atom. The van der Waals surface area contributed by atoms with Crippen molar-refractivity contribution in [1.82, 2.24) is 15.1 Å². The third-order valence-corrected chi connectivity index (χ3v) is 10.9. The average Bonchev–Trinajstić information content (AvgIpc) is 3.96. The number of nitrogens with one attached hydrogen (secondary N) is 1. The molecule has 0 radical (unpaired) electrons. The van der Waals surface area contributed by atoms with Gasteiger partial charge in [-0.15, -0.1) is 0 Å². The molecule has 2 bridgehead atoms. The van der Waals surface area contributed by atoms with Crippen LogP contribution >= 0.6 is 15.9 Å². The summed E-state index contributed by atoms with van der Waals surface area (Å²) in [6.07, 6.45) is 1.76. The van der Waals surface area contributed by atoms with Crippen molar-refractivity contribution in [1.29, 1.82) is 0 Å². The minimum Gasteiger partial charge on any atom is -0.492 e. The number of halogens is 2. The van der Waals surface area contributed by atoms with Crippen LogP contribution in [0.3, 0.4) is 0 Å². The van der Waals surface area contributed by atoms with Crippen molar-refractivity contribution in [3.8, 4) is 11.5 Å². The highest BCUT2D eigenvalue weighted by molar-refractivity contribution is 9.10. The first-order chi connectivity index (χ1) is 25.4. The fraction of sp³-hybridized carbons (Fsp3) is 0.439.